The molecule has 1 atom stereocenters. The van der Waals surface area contributed by atoms with E-state index in [9.17, 15) is 14.4 Å². The lowest BCUT2D eigenvalue weighted by molar-refractivity contribution is -0.167. The van der Waals surface area contributed by atoms with E-state index >= 15 is 0 Å². The lowest BCUT2D eigenvalue weighted by atomic mass is 10.0. The molecule has 81 heavy (non-hydrogen) atoms. The predicted molar refractivity (Wildman–Crippen MR) is 352 cm³/mol. The highest BCUT2D eigenvalue weighted by molar-refractivity contribution is 5.71. The van der Waals surface area contributed by atoms with Crippen LogP contribution in [0.15, 0.2) is 146 Å². The van der Waals surface area contributed by atoms with Crippen molar-refractivity contribution in [3.8, 4) is 0 Å². The number of allylic oxidation sites excluding steroid dienone is 24. The number of ether oxygens (including phenoxy) is 3. The Kier molecular flexibility index (Phi) is 63.9. The topological polar surface area (TPSA) is 78.9 Å². The molecule has 0 aliphatic heterocycles. The highest BCUT2D eigenvalue weighted by Gasteiger charge is 2.19. The fraction of sp³-hybridized carbons (Fsp3) is 0.640. The van der Waals surface area contributed by atoms with E-state index < -0.39 is 6.10 Å². The summed E-state index contributed by atoms with van der Waals surface area (Å²) in [5, 5.41) is 0. The van der Waals surface area contributed by atoms with Gasteiger partial charge in [0.15, 0.2) is 6.10 Å². The summed E-state index contributed by atoms with van der Waals surface area (Å²) in [5.41, 5.74) is 0. The Bertz CT molecular complexity index is 1760. The molecule has 458 valence electrons. The summed E-state index contributed by atoms with van der Waals surface area (Å²) in [6, 6.07) is 0. The molecule has 0 bridgehead atoms. The van der Waals surface area contributed by atoms with E-state index in [1.54, 1.807) is 0 Å². The molecule has 0 aromatic heterocycles. The summed E-state index contributed by atoms with van der Waals surface area (Å²) < 4.78 is 16.9. The van der Waals surface area contributed by atoms with Crippen molar-refractivity contribution >= 4 is 17.9 Å². The van der Waals surface area contributed by atoms with E-state index in [2.05, 4.69) is 167 Å². The second-order valence-corrected chi connectivity index (χ2v) is 21.6. The molecule has 0 aliphatic carbocycles. The first-order chi connectivity index (χ1) is 40.0. The molecule has 0 heterocycles. The Morgan fingerprint density at radius 1 is 0.259 bits per heavy atom. The normalized spacial score (nSPS) is 13.1. The first-order valence-corrected chi connectivity index (χ1v) is 33.3. The molecule has 0 rings (SSSR count). The van der Waals surface area contributed by atoms with Crippen LogP contribution in [0.1, 0.15) is 290 Å². The van der Waals surface area contributed by atoms with Crippen LogP contribution in [-0.4, -0.2) is 37.2 Å². The molecule has 0 aromatic rings. The zero-order valence-corrected chi connectivity index (χ0v) is 52.5. The second kappa shape index (κ2) is 67.8. The van der Waals surface area contributed by atoms with Gasteiger partial charge in [-0.05, 0) is 135 Å². The lowest BCUT2D eigenvalue weighted by Gasteiger charge is -2.18. The van der Waals surface area contributed by atoms with Gasteiger partial charge in [0.2, 0.25) is 0 Å². The molecular formula is C75H122O6. The van der Waals surface area contributed by atoms with Gasteiger partial charge >= 0.3 is 17.9 Å². The second-order valence-electron chi connectivity index (χ2n) is 21.6. The van der Waals surface area contributed by atoms with Gasteiger partial charge in [0.05, 0.1) is 0 Å². The number of hydrogen-bond acceptors (Lipinski definition) is 6. The molecule has 6 heteroatoms. The maximum atomic E-state index is 12.9. The monoisotopic (exact) mass is 1120 g/mol. The van der Waals surface area contributed by atoms with Gasteiger partial charge in [0.1, 0.15) is 13.2 Å². The number of esters is 3. The van der Waals surface area contributed by atoms with E-state index in [0.717, 1.165) is 128 Å². The van der Waals surface area contributed by atoms with Gasteiger partial charge in [0, 0.05) is 19.3 Å². The van der Waals surface area contributed by atoms with Crippen LogP contribution < -0.4 is 0 Å². The third-order valence-electron chi connectivity index (χ3n) is 13.8. The highest BCUT2D eigenvalue weighted by atomic mass is 16.6. The molecule has 6 nitrogen and oxygen atoms in total. The molecule has 1 unspecified atom stereocenters. The highest BCUT2D eigenvalue weighted by Crippen LogP contribution is 2.15. The Morgan fingerprint density at radius 3 is 0.815 bits per heavy atom. The van der Waals surface area contributed by atoms with Crippen LogP contribution in [0.4, 0.5) is 0 Å². The van der Waals surface area contributed by atoms with Crippen molar-refractivity contribution in [2.24, 2.45) is 0 Å². The van der Waals surface area contributed by atoms with E-state index in [1.165, 1.54) is 116 Å². The summed E-state index contributed by atoms with van der Waals surface area (Å²) in [6.45, 7) is 6.36. The maximum absolute atomic E-state index is 12.9. The van der Waals surface area contributed by atoms with Gasteiger partial charge in [-0.25, -0.2) is 0 Å². The van der Waals surface area contributed by atoms with Crippen molar-refractivity contribution in [2.75, 3.05) is 13.2 Å². The molecule has 0 radical (unpaired) electrons. The number of carbonyl (C=O) groups excluding carboxylic acids is 3. The Morgan fingerprint density at radius 2 is 0.494 bits per heavy atom. The smallest absolute Gasteiger partial charge is 0.306 e. The van der Waals surface area contributed by atoms with E-state index in [0.29, 0.717) is 19.3 Å². The Labute approximate surface area is 499 Å². The molecular weight excluding hydrogens is 997 g/mol. The minimum Gasteiger partial charge on any atom is -0.462 e. The molecule has 0 N–H and O–H groups in total. The molecule has 0 fully saturated rings. The van der Waals surface area contributed by atoms with Gasteiger partial charge in [-0.2, -0.15) is 0 Å². The summed E-state index contributed by atoms with van der Waals surface area (Å²) >= 11 is 0. The maximum Gasteiger partial charge on any atom is 0.306 e. The van der Waals surface area contributed by atoms with Gasteiger partial charge < -0.3 is 14.2 Å². The van der Waals surface area contributed by atoms with Crippen molar-refractivity contribution in [1.29, 1.82) is 0 Å². The standard InChI is InChI=1S/C75H122O6/c1-4-7-10-13-16-19-22-25-28-31-33-35-37-39-41-44-47-50-53-56-59-62-65-68-74(77)80-71-72(70-79-73(76)67-64-61-58-55-52-49-46-43-30-27-24-21-18-15-12-9-6-3)81-75(78)69-66-63-60-57-54-51-48-45-42-40-38-36-34-32-29-26-23-20-17-14-11-8-5-2/h7,9-10,12,16,18-19,21,25,27-28,30,32-35,39,41,46-47,49-50,55,58,72H,4-6,8,11,13-15,17,20,22-24,26,29,31,36-38,40,42-45,48,51-54,56-57,59-71H2,1-3H3/b10-7-,12-9-,19-16-,21-18-,28-25-,30-27-,34-32-,35-33-,41-39-,49-46-,50-47-,58-55-. The minimum absolute atomic E-state index is 0.114. The number of unbranched alkanes of at least 4 members (excludes halogenated alkanes) is 24. The van der Waals surface area contributed by atoms with Crippen LogP contribution in [0.5, 0.6) is 0 Å². The number of hydrogen-bond donors (Lipinski definition) is 0. The molecule has 0 saturated heterocycles. The third kappa shape index (κ3) is 66.0. The quantitative estimate of drug-likeness (QED) is 0.0261. The zero-order chi connectivity index (χ0) is 58.5. The van der Waals surface area contributed by atoms with Crippen molar-refractivity contribution < 1.29 is 28.6 Å². The Balaban J connectivity index is 4.50. The predicted octanol–water partition coefficient (Wildman–Crippen LogP) is 23.1. The Hall–Kier alpha value is -4.71. The molecule has 0 saturated carbocycles. The van der Waals surface area contributed by atoms with Crippen LogP contribution in [0.3, 0.4) is 0 Å². The molecule has 0 amide bonds. The van der Waals surface area contributed by atoms with Crippen molar-refractivity contribution in [3.63, 3.8) is 0 Å². The van der Waals surface area contributed by atoms with Gasteiger partial charge in [-0.15, -0.1) is 0 Å². The van der Waals surface area contributed by atoms with Crippen LogP contribution in [0.2, 0.25) is 0 Å². The fourth-order valence-corrected chi connectivity index (χ4v) is 8.89. The number of rotatable bonds is 59. The third-order valence-corrected chi connectivity index (χ3v) is 13.8. The van der Waals surface area contributed by atoms with E-state index in [4.69, 9.17) is 14.2 Å². The van der Waals surface area contributed by atoms with Crippen LogP contribution in [-0.2, 0) is 28.6 Å². The fourth-order valence-electron chi connectivity index (χ4n) is 8.89. The zero-order valence-electron chi connectivity index (χ0n) is 52.5. The minimum atomic E-state index is -0.821. The number of carbonyl (C=O) groups is 3. The van der Waals surface area contributed by atoms with Crippen molar-refractivity contribution in [2.45, 2.75) is 297 Å². The van der Waals surface area contributed by atoms with Crippen molar-refractivity contribution in [1.82, 2.24) is 0 Å². The van der Waals surface area contributed by atoms with Gasteiger partial charge in [-0.1, -0.05) is 282 Å². The lowest BCUT2D eigenvalue weighted by Crippen LogP contribution is -2.30. The first-order valence-electron chi connectivity index (χ1n) is 33.3. The summed E-state index contributed by atoms with van der Waals surface area (Å²) in [4.78, 5) is 38.4. The van der Waals surface area contributed by atoms with E-state index in [-0.39, 0.29) is 37.5 Å². The largest absolute Gasteiger partial charge is 0.462 e. The average molecular weight is 1120 g/mol. The van der Waals surface area contributed by atoms with Gasteiger partial charge in [0.25, 0.3) is 0 Å². The SMILES string of the molecule is CC/C=C\C/C=C\C/C=C\C/C=C\C/C=C\C/C=C\CCCCCCC(=O)OCC(COC(=O)CCC/C=C\C/C=C\C/C=C\C/C=C\C/C=C\CC)OC(=O)CCCCCCCCCCCCC/C=C\CCCCCCCCCC. The summed E-state index contributed by atoms with van der Waals surface area (Å²) in [6.07, 6.45) is 97.2. The van der Waals surface area contributed by atoms with Crippen LogP contribution in [0, 0.1) is 0 Å². The summed E-state index contributed by atoms with van der Waals surface area (Å²) in [7, 11) is 0. The average Bonchev–Trinajstić information content (AvgIpc) is 3.47. The van der Waals surface area contributed by atoms with E-state index in [1.807, 2.05) is 0 Å². The molecule has 0 aliphatic rings. The van der Waals surface area contributed by atoms with Crippen LogP contribution in [0.25, 0.3) is 0 Å². The molecule has 0 aromatic carbocycles. The van der Waals surface area contributed by atoms with Crippen molar-refractivity contribution in [3.05, 3.63) is 146 Å². The van der Waals surface area contributed by atoms with Gasteiger partial charge in [-0.3, -0.25) is 14.4 Å². The molecule has 0 spiro atoms. The first kappa shape index (κ1) is 76.3. The summed E-state index contributed by atoms with van der Waals surface area (Å²) in [5.74, 6) is -0.994. The van der Waals surface area contributed by atoms with Crippen LogP contribution >= 0.6 is 0 Å².